The molecule has 3 rings (SSSR count). The van der Waals surface area contributed by atoms with Crippen LogP contribution in [-0.4, -0.2) is 38.4 Å². The van der Waals surface area contributed by atoms with Crippen LogP contribution in [0.2, 0.25) is 0 Å². The zero-order chi connectivity index (χ0) is 16.1. The Hall–Kier alpha value is -1.46. The average Bonchev–Trinajstić information content (AvgIpc) is 2.53. The molecule has 2 fully saturated rings. The number of carbonyl (C=O) groups is 2. The average molecular weight is 306 g/mol. The van der Waals surface area contributed by atoms with Crippen LogP contribution in [0.1, 0.15) is 26.2 Å². The third-order valence-electron chi connectivity index (χ3n) is 5.66. The molecule has 1 heterocycles. The second kappa shape index (κ2) is 5.03. The van der Waals surface area contributed by atoms with E-state index in [1.54, 1.807) is 0 Å². The van der Waals surface area contributed by atoms with Gasteiger partial charge in [0, 0.05) is 25.4 Å². The van der Waals surface area contributed by atoms with Crippen molar-refractivity contribution < 1.29 is 23.8 Å². The topological polar surface area (TPSA) is 61.8 Å². The number of esters is 1. The van der Waals surface area contributed by atoms with Crippen LogP contribution >= 0.6 is 0 Å². The molecule has 0 N–H and O–H groups in total. The first kappa shape index (κ1) is 15.4. The van der Waals surface area contributed by atoms with Gasteiger partial charge in [-0.2, -0.15) is 0 Å². The van der Waals surface area contributed by atoms with Crippen molar-refractivity contribution in [2.75, 3.05) is 20.8 Å². The van der Waals surface area contributed by atoms with E-state index in [0.29, 0.717) is 25.0 Å². The molecule has 0 spiro atoms. The second-order valence-corrected chi connectivity index (χ2v) is 6.39. The number of rotatable bonds is 2. The molecule has 4 atom stereocenters. The monoisotopic (exact) mass is 306 g/mol. The lowest BCUT2D eigenvalue weighted by atomic mass is 9.49. The van der Waals surface area contributed by atoms with Crippen molar-refractivity contribution in [1.82, 2.24) is 0 Å². The molecule has 1 aliphatic heterocycles. The smallest absolute Gasteiger partial charge is 0.318 e. The summed E-state index contributed by atoms with van der Waals surface area (Å²) >= 11 is 0. The van der Waals surface area contributed by atoms with Crippen LogP contribution in [0.25, 0.3) is 0 Å². The van der Waals surface area contributed by atoms with Gasteiger partial charge >= 0.3 is 5.97 Å². The molecule has 0 aromatic rings. The lowest BCUT2D eigenvalue weighted by molar-refractivity contribution is -0.331. The number of hydrogen-bond acceptors (Lipinski definition) is 5. The maximum Gasteiger partial charge on any atom is 0.318 e. The first-order valence-electron chi connectivity index (χ1n) is 7.60. The number of ether oxygens (including phenoxy) is 3. The molecule has 3 aliphatic rings. The summed E-state index contributed by atoms with van der Waals surface area (Å²) in [5.74, 6) is -2.30. The predicted molar refractivity (Wildman–Crippen MR) is 78.9 cm³/mol. The van der Waals surface area contributed by atoms with Crippen LogP contribution in [0.3, 0.4) is 0 Å². The SMILES string of the molecule is C=C1CC2(OC)OCCC3C(C)=CCC(C1=O)C32C(=O)OC. The fraction of sp³-hybridized carbons (Fsp3) is 0.647. The summed E-state index contributed by atoms with van der Waals surface area (Å²) in [5, 5.41) is 0. The molecule has 120 valence electrons. The first-order chi connectivity index (χ1) is 10.4. The Morgan fingerprint density at radius 2 is 2.14 bits per heavy atom. The van der Waals surface area contributed by atoms with Crippen LogP contribution < -0.4 is 0 Å². The summed E-state index contributed by atoms with van der Waals surface area (Å²) in [6.07, 6.45) is 3.43. The Morgan fingerprint density at radius 1 is 1.41 bits per heavy atom. The summed E-state index contributed by atoms with van der Waals surface area (Å²) in [5.41, 5.74) is 0.443. The van der Waals surface area contributed by atoms with Gasteiger partial charge in [-0.25, -0.2) is 0 Å². The molecule has 0 radical (unpaired) electrons. The molecule has 2 aliphatic carbocycles. The molecule has 22 heavy (non-hydrogen) atoms. The fourth-order valence-corrected chi connectivity index (χ4v) is 4.72. The zero-order valence-corrected chi connectivity index (χ0v) is 13.3. The van der Waals surface area contributed by atoms with Crippen molar-refractivity contribution in [3.05, 3.63) is 23.8 Å². The van der Waals surface area contributed by atoms with Crippen molar-refractivity contribution in [2.24, 2.45) is 17.3 Å². The van der Waals surface area contributed by atoms with Gasteiger partial charge in [0.05, 0.1) is 13.7 Å². The number of allylic oxidation sites excluding steroid dienone is 2. The minimum absolute atomic E-state index is 0.0719. The molecule has 0 amide bonds. The van der Waals surface area contributed by atoms with Crippen molar-refractivity contribution >= 4 is 11.8 Å². The highest BCUT2D eigenvalue weighted by atomic mass is 16.7. The Bertz CT molecular complexity index is 578. The quantitative estimate of drug-likeness (QED) is 0.444. The van der Waals surface area contributed by atoms with E-state index in [9.17, 15) is 9.59 Å². The summed E-state index contributed by atoms with van der Waals surface area (Å²) in [6, 6.07) is 0. The van der Waals surface area contributed by atoms with Gasteiger partial charge in [-0.1, -0.05) is 18.2 Å². The number of ketones is 1. The lowest BCUT2D eigenvalue weighted by Crippen LogP contribution is -2.71. The summed E-state index contributed by atoms with van der Waals surface area (Å²) in [4.78, 5) is 25.6. The molecule has 0 bridgehead atoms. The molecule has 0 aromatic heterocycles. The standard InChI is InChI=1S/C17H22O5/c1-10-5-6-13-14(18)11(2)9-16(21-4)17(13,15(19)20-3)12(10)7-8-22-16/h5,12-13H,2,6-9H2,1,3-4H3. The minimum atomic E-state index is -1.17. The van der Waals surface area contributed by atoms with Crippen LogP contribution in [-0.2, 0) is 23.8 Å². The van der Waals surface area contributed by atoms with E-state index >= 15 is 0 Å². The van der Waals surface area contributed by atoms with E-state index in [1.807, 2.05) is 6.92 Å². The van der Waals surface area contributed by atoms with E-state index in [0.717, 1.165) is 5.57 Å². The van der Waals surface area contributed by atoms with Gasteiger partial charge in [-0.15, -0.1) is 0 Å². The number of hydrogen-bond donors (Lipinski definition) is 0. The maximum absolute atomic E-state index is 12.9. The van der Waals surface area contributed by atoms with E-state index in [4.69, 9.17) is 14.2 Å². The summed E-state index contributed by atoms with van der Waals surface area (Å²) in [6.45, 7) is 6.37. The maximum atomic E-state index is 12.9. The van der Waals surface area contributed by atoms with E-state index in [1.165, 1.54) is 14.2 Å². The molecule has 5 heteroatoms. The molecule has 4 unspecified atom stereocenters. The Kier molecular flexibility index (Phi) is 3.53. The Morgan fingerprint density at radius 3 is 2.77 bits per heavy atom. The third-order valence-corrected chi connectivity index (χ3v) is 5.66. The number of carbonyl (C=O) groups excluding carboxylic acids is 2. The second-order valence-electron chi connectivity index (χ2n) is 6.39. The molecule has 5 nitrogen and oxygen atoms in total. The van der Waals surface area contributed by atoms with Gasteiger partial charge in [-0.05, 0) is 25.3 Å². The fourth-order valence-electron chi connectivity index (χ4n) is 4.72. The summed E-state index contributed by atoms with van der Waals surface area (Å²) < 4.78 is 16.9. The van der Waals surface area contributed by atoms with Gasteiger partial charge in [0.2, 0.25) is 0 Å². The van der Waals surface area contributed by atoms with Gasteiger partial charge in [-0.3, -0.25) is 9.59 Å². The summed E-state index contributed by atoms with van der Waals surface area (Å²) in [7, 11) is 2.88. The number of methoxy groups -OCH3 is 2. The van der Waals surface area contributed by atoms with Gasteiger partial charge in [0.15, 0.2) is 11.6 Å². The lowest BCUT2D eigenvalue weighted by Gasteiger charge is -2.60. The van der Waals surface area contributed by atoms with E-state index in [2.05, 4.69) is 12.7 Å². The van der Waals surface area contributed by atoms with Crippen molar-refractivity contribution in [1.29, 1.82) is 0 Å². The highest BCUT2D eigenvalue weighted by molar-refractivity contribution is 6.03. The van der Waals surface area contributed by atoms with Crippen LogP contribution in [0.4, 0.5) is 0 Å². The molecule has 1 saturated carbocycles. The van der Waals surface area contributed by atoms with Gasteiger partial charge in [0.25, 0.3) is 0 Å². The van der Waals surface area contributed by atoms with Gasteiger partial charge in [0.1, 0.15) is 5.41 Å². The van der Waals surface area contributed by atoms with E-state index < -0.39 is 23.1 Å². The van der Waals surface area contributed by atoms with Crippen molar-refractivity contribution in [3.63, 3.8) is 0 Å². The predicted octanol–water partition coefficient (Wildman–Crippen LogP) is 2.02. The molecule has 1 saturated heterocycles. The van der Waals surface area contributed by atoms with E-state index in [-0.39, 0.29) is 18.1 Å². The highest BCUT2D eigenvalue weighted by Crippen LogP contribution is 2.62. The molecule has 0 aromatic carbocycles. The van der Waals surface area contributed by atoms with Crippen LogP contribution in [0, 0.1) is 17.3 Å². The van der Waals surface area contributed by atoms with Crippen molar-refractivity contribution in [2.45, 2.75) is 32.0 Å². The third kappa shape index (κ3) is 1.61. The largest absolute Gasteiger partial charge is 0.468 e. The minimum Gasteiger partial charge on any atom is -0.468 e. The molecular formula is C17H22O5. The number of Topliss-reactive ketones (excluding diaryl/α,β-unsaturated/α-hetero) is 1. The Balaban J connectivity index is 2.30. The van der Waals surface area contributed by atoms with Gasteiger partial charge < -0.3 is 14.2 Å². The molecular weight excluding hydrogens is 284 g/mol. The zero-order valence-electron chi connectivity index (χ0n) is 13.3. The van der Waals surface area contributed by atoms with Crippen molar-refractivity contribution in [3.8, 4) is 0 Å². The highest BCUT2D eigenvalue weighted by Gasteiger charge is 2.73. The van der Waals surface area contributed by atoms with Crippen LogP contribution in [0.5, 0.6) is 0 Å². The van der Waals surface area contributed by atoms with Crippen LogP contribution in [0.15, 0.2) is 23.8 Å². The normalized spacial score (nSPS) is 40.8. The first-order valence-corrected chi connectivity index (χ1v) is 7.60. The Labute approximate surface area is 130 Å².